The van der Waals surface area contributed by atoms with Crippen molar-refractivity contribution in [1.82, 2.24) is 10.3 Å². The van der Waals surface area contributed by atoms with Crippen molar-refractivity contribution >= 4 is 11.3 Å². The Morgan fingerprint density at radius 3 is 2.93 bits per heavy atom. The van der Waals surface area contributed by atoms with Crippen LogP contribution < -0.4 is 5.32 Å². The summed E-state index contributed by atoms with van der Waals surface area (Å²) in [5.74, 6) is 0. The van der Waals surface area contributed by atoms with Crippen LogP contribution >= 0.6 is 11.3 Å². The summed E-state index contributed by atoms with van der Waals surface area (Å²) < 4.78 is 0. The summed E-state index contributed by atoms with van der Waals surface area (Å²) in [6.45, 7) is 1.57. The van der Waals surface area contributed by atoms with Crippen LogP contribution in [0.2, 0.25) is 0 Å². The minimum Gasteiger partial charge on any atom is -0.381 e. The highest BCUT2D eigenvalue weighted by Gasteiger charge is 2.36. The van der Waals surface area contributed by atoms with Crippen molar-refractivity contribution in [2.24, 2.45) is 0 Å². The van der Waals surface area contributed by atoms with Gasteiger partial charge in [-0.2, -0.15) is 0 Å². The van der Waals surface area contributed by atoms with Gasteiger partial charge in [-0.25, -0.2) is 4.98 Å². The highest BCUT2D eigenvalue weighted by atomic mass is 32.1. The molecule has 2 heterocycles. The molecule has 3 nitrogen and oxygen atoms in total. The van der Waals surface area contributed by atoms with Gasteiger partial charge in [0.2, 0.25) is 0 Å². The van der Waals surface area contributed by atoms with Gasteiger partial charge in [-0.1, -0.05) is 0 Å². The van der Waals surface area contributed by atoms with Crippen LogP contribution in [0.15, 0.2) is 0 Å². The molecule has 1 aromatic heterocycles. The smallest absolute Gasteiger partial charge is 0.130 e. The Labute approximate surface area is 93.5 Å². The van der Waals surface area contributed by atoms with E-state index in [2.05, 4.69) is 10.3 Å². The fraction of sp³-hybridized carbons (Fsp3) is 0.727. The monoisotopic (exact) mass is 224 g/mol. The van der Waals surface area contributed by atoms with Gasteiger partial charge >= 0.3 is 0 Å². The van der Waals surface area contributed by atoms with Crippen LogP contribution in [0.4, 0.5) is 0 Å². The first kappa shape index (κ1) is 9.75. The van der Waals surface area contributed by atoms with E-state index in [0.29, 0.717) is 6.54 Å². The van der Waals surface area contributed by atoms with Crippen LogP contribution in [0.5, 0.6) is 0 Å². The van der Waals surface area contributed by atoms with Crippen LogP contribution in [0.3, 0.4) is 0 Å². The van der Waals surface area contributed by atoms with Gasteiger partial charge in [0, 0.05) is 11.4 Å². The summed E-state index contributed by atoms with van der Waals surface area (Å²) in [7, 11) is 0. The molecular formula is C11H16N2OS. The molecular weight excluding hydrogens is 208 g/mol. The fourth-order valence-electron chi connectivity index (χ4n) is 2.41. The van der Waals surface area contributed by atoms with E-state index in [1.54, 1.807) is 11.3 Å². The molecule has 3 rings (SSSR count). The lowest BCUT2D eigenvalue weighted by molar-refractivity contribution is 0.0583. The number of hydrogen-bond donors (Lipinski definition) is 2. The Hall–Kier alpha value is -0.450. The number of aromatic nitrogens is 1. The second kappa shape index (κ2) is 3.54. The molecule has 15 heavy (non-hydrogen) atoms. The zero-order valence-corrected chi connectivity index (χ0v) is 9.57. The molecule has 1 atom stereocenters. The van der Waals surface area contributed by atoms with Gasteiger partial charge in [-0.15, -0.1) is 11.3 Å². The predicted molar refractivity (Wildman–Crippen MR) is 60.1 cm³/mol. The standard InChI is InChI=1S/C11H16N2OS/c14-11(5-6-12-7-11)10-13-8-3-1-2-4-9(8)15-10/h12,14H,1-7H2. The molecule has 0 amide bonds. The third-order valence-electron chi connectivity index (χ3n) is 3.38. The molecule has 1 aromatic rings. The van der Waals surface area contributed by atoms with E-state index in [9.17, 15) is 5.11 Å². The number of fused-ring (bicyclic) bond motifs is 1. The first-order valence-corrected chi connectivity index (χ1v) is 6.52. The van der Waals surface area contributed by atoms with Gasteiger partial charge in [-0.3, -0.25) is 0 Å². The summed E-state index contributed by atoms with van der Waals surface area (Å²) in [5, 5.41) is 14.5. The number of β-amino-alcohol motifs (C(OH)–C–C–N with tert-alkyl or cyclic N) is 1. The second-order valence-corrected chi connectivity index (χ2v) is 5.64. The number of nitrogens with one attached hydrogen (secondary N) is 1. The van der Waals surface area contributed by atoms with Crippen molar-refractivity contribution < 1.29 is 5.11 Å². The van der Waals surface area contributed by atoms with E-state index in [0.717, 1.165) is 30.8 Å². The van der Waals surface area contributed by atoms with E-state index in [1.165, 1.54) is 23.4 Å². The SMILES string of the molecule is OC1(c2nc3c(s2)CCCC3)CCNC1. The predicted octanol–water partition coefficient (Wildman–Crippen LogP) is 1.20. The molecule has 1 saturated heterocycles. The van der Waals surface area contributed by atoms with Gasteiger partial charge in [0.1, 0.15) is 10.6 Å². The van der Waals surface area contributed by atoms with Gasteiger partial charge in [0.25, 0.3) is 0 Å². The van der Waals surface area contributed by atoms with Crippen LogP contribution in [0, 0.1) is 0 Å². The third-order valence-corrected chi connectivity index (χ3v) is 4.73. The molecule has 0 radical (unpaired) electrons. The number of hydrogen-bond acceptors (Lipinski definition) is 4. The van der Waals surface area contributed by atoms with Crippen molar-refractivity contribution in [3.63, 3.8) is 0 Å². The maximum absolute atomic E-state index is 10.4. The van der Waals surface area contributed by atoms with Gasteiger partial charge in [0.15, 0.2) is 0 Å². The molecule has 4 heteroatoms. The average Bonchev–Trinajstić information content (AvgIpc) is 2.84. The van der Waals surface area contributed by atoms with Crippen LogP contribution in [-0.4, -0.2) is 23.2 Å². The maximum atomic E-state index is 10.4. The molecule has 2 N–H and O–H groups in total. The minimum absolute atomic E-state index is 0.666. The number of thiazole rings is 1. The molecule has 2 aliphatic rings. The molecule has 1 fully saturated rings. The summed E-state index contributed by atoms with van der Waals surface area (Å²) in [4.78, 5) is 6.05. The van der Waals surface area contributed by atoms with E-state index < -0.39 is 5.60 Å². The lowest BCUT2D eigenvalue weighted by Gasteiger charge is -2.17. The van der Waals surface area contributed by atoms with E-state index in [1.807, 2.05) is 0 Å². The summed E-state index contributed by atoms with van der Waals surface area (Å²) >= 11 is 1.73. The highest BCUT2D eigenvalue weighted by molar-refractivity contribution is 7.11. The Morgan fingerprint density at radius 1 is 1.33 bits per heavy atom. The van der Waals surface area contributed by atoms with Gasteiger partial charge < -0.3 is 10.4 Å². The van der Waals surface area contributed by atoms with Crippen molar-refractivity contribution in [3.05, 3.63) is 15.6 Å². The Balaban J connectivity index is 1.95. The molecule has 1 unspecified atom stereocenters. The Bertz CT molecular complexity index is 345. The quantitative estimate of drug-likeness (QED) is 0.753. The highest BCUT2D eigenvalue weighted by Crippen LogP contribution is 2.35. The van der Waals surface area contributed by atoms with Crippen molar-refractivity contribution in [3.8, 4) is 0 Å². The number of rotatable bonds is 1. The Kier molecular flexibility index (Phi) is 2.30. The normalized spacial score (nSPS) is 30.5. The molecule has 0 spiro atoms. The zero-order valence-electron chi connectivity index (χ0n) is 8.75. The van der Waals surface area contributed by atoms with Gasteiger partial charge in [0.05, 0.1) is 5.69 Å². The van der Waals surface area contributed by atoms with E-state index in [-0.39, 0.29) is 0 Å². The first-order chi connectivity index (χ1) is 7.28. The number of aliphatic hydroxyl groups is 1. The second-order valence-electron chi connectivity index (χ2n) is 4.55. The van der Waals surface area contributed by atoms with Crippen molar-refractivity contribution in [2.75, 3.05) is 13.1 Å². The molecule has 0 saturated carbocycles. The van der Waals surface area contributed by atoms with E-state index >= 15 is 0 Å². The van der Waals surface area contributed by atoms with Crippen molar-refractivity contribution in [2.45, 2.75) is 37.7 Å². The lowest BCUT2D eigenvalue weighted by Crippen LogP contribution is -2.28. The molecule has 82 valence electrons. The first-order valence-electron chi connectivity index (χ1n) is 5.70. The lowest BCUT2D eigenvalue weighted by atomic mass is 10.0. The molecule has 1 aliphatic carbocycles. The maximum Gasteiger partial charge on any atom is 0.130 e. The molecule has 0 aromatic carbocycles. The topological polar surface area (TPSA) is 45.2 Å². The summed E-state index contributed by atoms with van der Waals surface area (Å²) in [6.07, 6.45) is 5.61. The summed E-state index contributed by atoms with van der Waals surface area (Å²) in [6, 6.07) is 0. The zero-order chi connectivity index (χ0) is 10.3. The average molecular weight is 224 g/mol. The van der Waals surface area contributed by atoms with Gasteiger partial charge in [-0.05, 0) is 38.6 Å². The Morgan fingerprint density at radius 2 is 2.20 bits per heavy atom. The minimum atomic E-state index is -0.679. The van der Waals surface area contributed by atoms with Crippen LogP contribution in [0.25, 0.3) is 0 Å². The van der Waals surface area contributed by atoms with Crippen LogP contribution in [-0.2, 0) is 18.4 Å². The fourth-order valence-corrected chi connectivity index (χ4v) is 3.68. The number of nitrogens with zero attached hydrogens (tertiary/aromatic N) is 1. The van der Waals surface area contributed by atoms with Crippen molar-refractivity contribution in [1.29, 1.82) is 0 Å². The largest absolute Gasteiger partial charge is 0.381 e. The third kappa shape index (κ3) is 1.61. The number of aryl methyl sites for hydroxylation is 2. The summed E-state index contributed by atoms with van der Waals surface area (Å²) in [5.41, 5.74) is 0.573. The van der Waals surface area contributed by atoms with Crippen LogP contribution in [0.1, 0.15) is 34.8 Å². The van der Waals surface area contributed by atoms with E-state index in [4.69, 9.17) is 0 Å². The molecule has 1 aliphatic heterocycles. The molecule has 0 bridgehead atoms.